The van der Waals surface area contributed by atoms with E-state index < -0.39 is 0 Å². The number of furan rings is 1. The topological polar surface area (TPSA) is 77.9 Å². The van der Waals surface area contributed by atoms with Gasteiger partial charge in [-0.2, -0.15) is 0 Å². The molecule has 0 bridgehead atoms. The van der Waals surface area contributed by atoms with Crippen LogP contribution in [0.4, 0.5) is 0 Å². The van der Waals surface area contributed by atoms with Gasteiger partial charge in [-0.25, -0.2) is 4.98 Å². The number of benzene rings is 1. The molecule has 0 spiro atoms. The van der Waals surface area contributed by atoms with Crippen LogP contribution in [-0.4, -0.2) is 23.8 Å². The SMILES string of the molecule is COc1cc(CCCO)ccc1OCc1nc(-c2ccco2)oc1C. The minimum Gasteiger partial charge on any atom is -0.493 e. The predicted octanol–water partition coefficient (Wildman–Crippen LogP) is 3.76. The Morgan fingerprint density at radius 3 is 2.80 bits per heavy atom. The smallest absolute Gasteiger partial charge is 0.263 e. The molecule has 0 amide bonds. The van der Waals surface area contributed by atoms with Crippen molar-refractivity contribution in [2.45, 2.75) is 26.4 Å². The molecular formula is C19H21NO5. The summed E-state index contributed by atoms with van der Waals surface area (Å²) in [4.78, 5) is 4.43. The second kappa shape index (κ2) is 7.90. The fourth-order valence-corrected chi connectivity index (χ4v) is 2.48. The number of hydrogen-bond donors (Lipinski definition) is 1. The average Bonchev–Trinajstić information content (AvgIpc) is 3.28. The summed E-state index contributed by atoms with van der Waals surface area (Å²) in [6, 6.07) is 9.35. The van der Waals surface area contributed by atoms with Gasteiger partial charge in [0.05, 0.1) is 13.4 Å². The van der Waals surface area contributed by atoms with E-state index >= 15 is 0 Å². The van der Waals surface area contributed by atoms with E-state index in [2.05, 4.69) is 4.98 Å². The summed E-state index contributed by atoms with van der Waals surface area (Å²) in [6.45, 7) is 2.28. The van der Waals surface area contributed by atoms with Crippen LogP contribution in [0, 0.1) is 6.92 Å². The number of hydrogen-bond acceptors (Lipinski definition) is 6. The molecule has 0 aliphatic heterocycles. The van der Waals surface area contributed by atoms with Crippen molar-refractivity contribution in [2.75, 3.05) is 13.7 Å². The number of rotatable bonds is 8. The number of oxazole rings is 1. The van der Waals surface area contributed by atoms with Crippen LogP contribution in [-0.2, 0) is 13.0 Å². The second-order valence-corrected chi connectivity index (χ2v) is 5.60. The molecule has 2 heterocycles. The first-order valence-electron chi connectivity index (χ1n) is 8.12. The maximum atomic E-state index is 8.94. The number of aliphatic hydroxyl groups excluding tert-OH is 1. The molecule has 2 aromatic heterocycles. The maximum absolute atomic E-state index is 8.94. The van der Waals surface area contributed by atoms with Gasteiger partial charge in [0.1, 0.15) is 18.1 Å². The van der Waals surface area contributed by atoms with Crippen LogP contribution < -0.4 is 9.47 Å². The fourth-order valence-electron chi connectivity index (χ4n) is 2.48. The lowest BCUT2D eigenvalue weighted by Crippen LogP contribution is -2.00. The Morgan fingerprint density at radius 1 is 1.20 bits per heavy atom. The van der Waals surface area contributed by atoms with E-state index in [0.29, 0.717) is 34.6 Å². The van der Waals surface area contributed by atoms with E-state index in [-0.39, 0.29) is 13.2 Å². The monoisotopic (exact) mass is 343 g/mol. The van der Waals surface area contributed by atoms with E-state index in [1.54, 1.807) is 25.5 Å². The molecule has 0 aliphatic carbocycles. The van der Waals surface area contributed by atoms with Gasteiger partial charge in [-0.3, -0.25) is 0 Å². The Kier molecular flexibility index (Phi) is 5.40. The van der Waals surface area contributed by atoms with Crippen molar-refractivity contribution in [3.8, 4) is 23.1 Å². The average molecular weight is 343 g/mol. The molecule has 0 unspecified atom stereocenters. The van der Waals surface area contributed by atoms with Gasteiger partial charge >= 0.3 is 0 Å². The lowest BCUT2D eigenvalue weighted by atomic mass is 10.1. The summed E-state index contributed by atoms with van der Waals surface area (Å²) in [5, 5.41) is 8.94. The third kappa shape index (κ3) is 4.03. The number of aliphatic hydroxyl groups is 1. The number of ether oxygens (including phenoxy) is 2. The zero-order valence-electron chi connectivity index (χ0n) is 14.3. The normalized spacial score (nSPS) is 10.8. The van der Waals surface area contributed by atoms with Crippen LogP contribution >= 0.6 is 0 Å². The van der Waals surface area contributed by atoms with Crippen molar-refractivity contribution in [2.24, 2.45) is 0 Å². The Hall–Kier alpha value is -2.73. The lowest BCUT2D eigenvalue weighted by Gasteiger charge is -2.11. The maximum Gasteiger partial charge on any atom is 0.263 e. The Labute approximate surface area is 146 Å². The van der Waals surface area contributed by atoms with Crippen LogP contribution in [0.1, 0.15) is 23.4 Å². The van der Waals surface area contributed by atoms with Crippen molar-refractivity contribution in [1.29, 1.82) is 0 Å². The summed E-state index contributed by atoms with van der Waals surface area (Å²) in [5.74, 6) is 3.00. The molecule has 1 N–H and O–H groups in total. The van der Waals surface area contributed by atoms with Crippen molar-refractivity contribution in [3.05, 3.63) is 53.6 Å². The predicted molar refractivity (Wildman–Crippen MR) is 91.7 cm³/mol. The second-order valence-electron chi connectivity index (χ2n) is 5.60. The van der Waals surface area contributed by atoms with E-state index in [1.807, 2.05) is 25.1 Å². The highest BCUT2D eigenvalue weighted by molar-refractivity contribution is 5.45. The fraction of sp³-hybridized carbons (Fsp3) is 0.316. The first kappa shape index (κ1) is 17.1. The molecule has 0 radical (unpaired) electrons. The summed E-state index contributed by atoms with van der Waals surface area (Å²) in [7, 11) is 1.61. The third-order valence-electron chi connectivity index (χ3n) is 3.84. The Balaban J connectivity index is 1.71. The summed E-state index contributed by atoms with van der Waals surface area (Å²) in [5.41, 5.74) is 1.80. The van der Waals surface area contributed by atoms with Gasteiger partial charge in [-0.1, -0.05) is 6.07 Å². The Morgan fingerprint density at radius 2 is 2.08 bits per heavy atom. The standard InChI is InChI=1S/C19H21NO5/c1-13-15(20-19(25-13)17-6-4-10-23-17)12-24-16-8-7-14(5-3-9-21)11-18(16)22-2/h4,6-8,10-11,21H,3,5,9,12H2,1-2H3. The molecule has 0 atom stereocenters. The zero-order valence-corrected chi connectivity index (χ0v) is 14.3. The number of methoxy groups -OCH3 is 1. The van der Waals surface area contributed by atoms with Crippen LogP contribution in [0.3, 0.4) is 0 Å². The molecule has 6 heteroatoms. The number of nitrogens with zero attached hydrogens (tertiary/aromatic N) is 1. The van der Waals surface area contributed by atoms with Gasteiger partial charge in [0.25, 0.3) is 5.89 Å². The highest BCUT2D eigenvalue weighted by atomic mass is 16.5. The van der Waals surface area contributed by atoms with Crippen LogP contribution in [0.25, 0.3) is 11.7 Å². The number of aromatic nitrogens is 1. The molecule has 0 aliphatic rings. The number of aryl methyl sites for hydroxylation is 2. The zero-order chi connectivity index (χ0) is 17.6. The van der Waals surface area contributed by atoms with Gasteiger partial charge in [-0.05, 0) is 49.6 Å². The highest BCUT2D eigenvalue weighted by Gasteiger charge is 2.15. The van der Waals surface area contributed by atoms with Crippen molar-refractivity contribution >= 4 is 0 Å². The molecule has 132 valence electrons. The quantitative estimate of drug-likeness (QED) is 0.671. The summed E-state index contributed by atoms with van der Waals surface area (Å²) >= 11 is 0. The van der Waals surface area contributed by atoms with Gasteiger partial charge in [0.2, 0.25) is 0 Å². The molecule has 0 fully saturated rings. The van der Waals surface area contributed by atoms with Gasteiger partial charge in [0, 0.05) is 6.61 Å². The van der Waals surface area contributed by atoms with Gasteiger partial charge in [0.15, 0.2) is 17.3 Å². The third-order valence-corrected chi connectivity index (χ3v) is 3.84. The van der Waals surface area contributed by atoms with Gasteiger partial charge < -0.3 is 23.4 Å². The Bertz CT molecular complexity index is 807. The summed E-state index contributed by atoms with van der Waals surface area (Å²) in [6.07, 6.45) is 3.09. The van der Waals surface area contributed by atoms with Crippen molar-refractivity contribution in [1.82, 2.24) is 4.98 Å². The summed E-state index contributed by atoms with van der Waals surface area (Å²) < 4.78 is 22.2. The van der Waals surface area contributed by atoms with E-state index in [4.69, 9.17) is 23.4 Å². The molecule has 1 aromatic carbocycles. The first-order valence-corrected chi connectivity index (χ1v) is 8.12. The van der Waals surface area contributed by atoms with Crippen LogP contribution in [0.2, 0.25) is 0 Å². The largest absolute Gasteiger partial charge is 0.493 e. The minimum atomic E-state index is 0.171. The van der Waals surface area contributed by atoms with Crippen LogP contribution in [0.15, 0.2) is 45.4 Å². The van der Waals surface area contributed by atoms with E-state index in [0.717, 1.165) is 18.4 Å². The molecule has 25 heavy (non-hydrogen) atoms. The van der Waals surface area contributed by atoms with Crippen LogP contribution in [0.5, 0.6) is 11.5 Å². The highest BCUT2D eigenvalue weighted by Crippen LogP contribution is 2.30. The van der Waals surface area contributed by atoms with Crippen molar-refractivity contribution < 1.29 is 23.4 Å². The van der Waals surface area contributed by atoms with Crippen molar-refractivity contribution in [3.63, 3.8) is 0 Å². The van der Waals surface area contributed by atoms with E-state index in [9.17, 15) is 0 Å². The molecule has 0 saturated heterocycles. The molecular weight excluding hydrogens is 322 g/mol. The molecule has 3 aromatic rings. The molecule has 3 rings (SSSR count). The lowest BCUT2D eigenvalue weighted by molar-refractivity contribution is 0.278. The van der Waals surface area contributed by atoms with Gasteiger partial charge in [-0.15, -0.1) is 0 Å². The van der Waals surface area contributed by atoms with E-state index in [1.165, 1.54) is 0 Å². The molecule has 0 saturated carbocycles. The minimum absolute atomic E-state index is 0.171. The molecule has 6 nitrogen and oxygen atoms in total. The first-order chi connectivity index (χ1) is 12.2.